The second-order valence-electron chi connectivity index (χ2n) is 22.6. The van der Waals surface area contributed by atoms with Gasteiger partial charge in [0.25, 0.3) is 0 Å². The predicted molar refractivity (Wildman–Crippen MR) is 302 cm³/mol. The Morgan fingerprint density at radius 2 is 1.08 bits per heavy atom. The number of esters is 2. The largest absolute Gasteiger partial charge is 0.462 e. The quantitative estimate of drug-likeness (QED) is 0.0326. The second-order valence-corrected chi connectivity index (χ2v) is 27.4. The molecular formula is C63H99NO9Si. The van der Waals surface area contributed by atoms with Crippen molar-refractivity contribution in [1.82, 2.24) is 5.32 Å². The van der Waals surface area contributed by atoms with E-state index in [0.717, 1.165) is 108 Å². The molecule has 0 saturated carbocycles. The standard InChI is InChI=1S/C63H99NO9Si/c1-7-8-9-10-11-12-13-20-34-45-54(71-57(66)46-35-21-16-14-18-26-37-51-39-28-23-29-40-51)48-56(65)64-59-61(73-58(67)47-36-22-17-15-19-27-38-52-41-30-24-31-42-52)60(68)55(50-70-74(5,6)63(2,3)4)72-62(59)69-49-53-43-32-25-33-44-53/h23-25,28-33,39-44,54-55,59-62,68H,7-22,26-27,34-38,45-50H2,1-6H3,(H,64,65)/t54-,55+,59+,60+,61+,62+/m0/s1. The maximum absolute atomic E-state index is 14.4. The number of amides is 1. The van der Waals surface area contributed by atoms with Gasteiger partial charge in [0.05, 0.1) is 19.6 Å². The summed E-state index contributed by atoms with van der Waals surface area (Å²) in [6.45, 7) is 13.2. The average molecular weight is 1040 g/mol. The van der Waals surface area contributed by atoms with E-state index in [-0.39, 0.29) is 37.1 Å². The van der Waals surface area contributed by atoms with Gasteiger partial charge in [0.2, 0.25) is 5.91 Å². The molecule has 1 aliphatic heterocycles. The number of ether oxygens (including phenoxy) is 4. The van der Waals surface area contributed by atoms with Crippen LogP contribution in [0.25, 0.3) is 0 Å². The van der Waals surface area contributed by atoms with Crippen LogP contribution in [0.2, 0.25) is 18.1 Å². The number of rotatable bonds is 39. The molecule has 4 rings (SSSR count). The van der Waals surface area contributed by atoms with Crippen LogP contribution in [0.15, 0.2) is 91.0 Å². The fourth-order valence-electron chi connectivity index (χ4n) is 9.44. The number of hydrogen-bond donors (Lipinski definition) is 2. The first kappa shape index (κ1) is 62.7. The molecule has 1 heterocycles. The van der Waals surface area contributed by atoms with E-state index in [1.165, 1.54) is 49.7 Å². The number of carbonyl (C=O) groups is 3. The summed E-state index contributed by atoms with van der Waals surface area (Å²) in [6.07, 6.45) is 20.5. The first-order valence-corrected chi connectivity index (χ1v) is 32.1. The molecule has 0 radical (unpaired) electrons. The maximum atomic E-state index is 14.4. The Kier molecular flexibility index (Phi) is 30.7. The van der Waals surface area contributed by atoms with E-state index >= 15 is 0 Å². The number of benzene rings is 3. The van der Waals surface area contributed by atoms with Crippen molar-refractivity contribution in [3.05, 3.63) is 108 Å². The summed E-state index contributed by atoms with van der Waals surface area (Å²) in [6, 6.07) is 29.8. The summed E-state index contributed by atoms with van der Waals surface area (Å²) >= 11 is 0. The van der Waals surface area contributed by atoms with E-state index in [0.29, 0.717) is 19.3 Å². The van der Waals surface area contributed by atoms with E-state index in [9.17, 15) is 19.5 Å². The van der Waals surface area contributed by atoms with Gasteiger partial charge in [0, 0.05) is 12.8 Å². The highest BCUT2D eigenvalue weighted by molar-refractivity contribution is 6.74. The minimum absolute atomic E-state index is 0.0624. The van der Waals surface area contributed by atoms with Crippen LogP contribution in [0, 0.1) is 0 Å². The van der Waals surface area contributed by atoms with Crippen LogP contribution in [0.3, 0.4) is 0 Å². The predicted octanol–water partition coefficient (Wildman–Crippen LogP) is 14.9. The number of hydrogen-bond acceptors (Lipinski definition) is 9. The molecule has 0 unspecified atom stereocenters. The van der Waals surface area contributed by atoms with Gasteiger partial charge in [-0.25, -0.2) is 0 Å². The van der Waals surface area contributed by atoms with Gasteiger partial charge < -0.3 is 33.8 Å². The van der Waals surface area contributed by atoms with Crippen molar-refractivity contribution in [1.29, 1.82) is 0 Å². The molecule has 10 nitrogen and oxygen atoms in total. The fourth-order valence-corrected chi connectivity index (χ4v) is 10.5. The first-order valence-electron chi connectivity index (χ1n) is 29.1. The van der Waals surface area contributed by atoms with Crippen LogP contribution in [0.5, 0.6) is 0 Å². The van der Waals surface area contributed by atoms with Gasteiger partial charge in [-0.2, -0.15) is 0 Å². The van der Waals surface area contributed by atoms with Crippen molar-refractivity contribution in [2.45, 2.75) is 263 Å². The molecule has 74 heavy (non-hydrogen) atoms. The minimum Gasteiger partial charge on any atom is -0.462 e. The first-order chi connectivity index (χ1) is 35.8. The van der Waals surface area contributed by atoms with Gasteiger partial charge in [-0.15, -0.1) is 0 Å². The highest BCUT2D eigenvalue weighted by Gasteiger charge is 2.50. The van der Waals surface area contributed by atoms with Crippen molar-refractivity contribution in [3.8, 4) is 0 Å². The molecule has 6 atom stereocenters. The fraction of sp³-hybridized carbons (Fsp3) is 0.667. The zero-order valence-corrected chi connectivity index (χ0v) is 47.8. The van der Waals surface area contributed by atoms with Gasteiger partial charge in [0.15, 0.2) is 20.7 Å². The third-order valence-corrected chi connectivity index (χ3v) is 19.7. The Hall–Kier alpha value is -3.87. The molecule has 1 aliphatic rings. The Morgan fingerprint density at radius 3 is 1.59 bits per heavy atom. The molecule has 3 aromatic carbocycles. The average Bonchev–Trinajstić information content (AvgIpc) is 3.38. The normalized spacial score (nSPS) is 18.4. The molecule has 3 aromatic rings. The number of nitrogens with one attached hydrogen (secondary N) is 1. The van der Waals surface area contributed by atoms with Gasteiger partial charge in [-0.05, 0) is 86.2 Å². The topological polar surface area (TPSA) is 130 Å². The van der Waals surface area contributed by atoms with E-state index in [2.05, 4.69) is 101 Å². The SMILES string of the molecule is CCCCCCCCCCC[C@@H](CC(=O)N[C@H]1[C@H](OCc2ccccc2)O[C@H](CO[Si](C)(C)C(C)(C)C)[C@@H](O)[C@@H]1OC(=O)CCCCCCCCc1ccccc1)OC(=O)CCCCCCCCc1ccccc1. The van der Waals surface area contributed by atoms with Gasteiger partial charge in [0.1, 0.15) is 24.4 Å². The molecule has 1 saturated heterocycles. The summed E-state index contributed by atoms with van der Waals surface area (Å²) in [4.78, 5) is 41.6. The Bertz CT molecular complexity index is 1930. The Labute approximate surface area is 449 Å². The summed E-state index contributed by atoms with van der Waals surface area (Å²) in [5.41, 5.74) is 3.63. The molecule has 0 aromatic heterocycles. The Morgan fingerprint density at radius 1 is 0.622 bits per heavy atom. The molecule has 0 aliphatic carbocycles. The van der Waals surface area contributed by atoms with Crippen molar-refractivity contribution >= 4 is 26.2 Å². The number of aliphatic hydroxyl groups is 1. The van der Waals surface area contributed by atoms with Crippen molar-refractivity contribution in [2.75, 3.05) is 6.61 Å². The van der Waals surface area contributed by atoms with E-state index in [4.69, 9.17) is 23.4 Å². The second kappa shape index (κ2) is 36.2. The summed E-state index contributed by atoms with van der Waals surface area (Å²) in [7, 11) is -2.30. The third-order valence-electron chi connectivity index (χ3n) is 15.2. The minimum atomic E-state index is -2.30. The smallest absolute Gasteiger partial charge is 0.306 e. The van der Waals surface area contributed by atoms with Crippen molar-refractivity contribution in [2.24, 2.45) is 0 Å². The zero-order chi connectivity index (χ0) is 53.3. The third kappa shape index (κ3) is 25.8. The van der Waals surface area contributed by atoms with Crippen LogP contribution < -0.4 is 5.32 Å². The number of unbranched alkanes of at least 4 members (excludes halogenated alkanes) is 18. The lowest BCUT2D eigenvalue weighted by Gasteiger charge is -2.45. The number of carbonyl (C=O) groups excluding carboxylic acids is 3. The monoisotopic (exact) mass is 1040 g/mol. The number of aryl methyl sites for hydroxylation is 2. The van der Waals surface area contributed by atoms with Crippen LogP contribution >= 0.6 is 0 Å². The van der Waals surface area contributed by atoms with Crippen LogP contribution in [-0.4, -0.2) is 74.6 Å². The van der Waals surface area contributed by atoms with Gasteiger partial charge >= 0.3 is 11.9 Å². The van der Waals surface area contributed by atoms with Crippen LogP contribution in [0.4, 0.5) is 0 Å². The molecular weight excluding hydrogens is 943 g/mol. The van der Waals surface area contributed by atoms with Crippen molar-refractivity contribution < 1.29 is 42.9 Å². The molecule has 1 fully saturated rings. The van der Waals surface area contributed by atoms with Crippen LogP contribution in [-0.2, 0) is 57.2 Å². The molecule has 11 heteroatoms. The molecule has 0 bridgehead atoms. The summed E-state index contributed by atoms with van der Waals surface area (Å²) in [5.74, 6) is -1.13. The number of aliphatic hydroxyl groups excluding tert-OH is 1. The lowest BCUT2D eigenvalue weighted by atomic mass is 9.96. The summed E-state index contributed by atoms with van der Waals surface area (Å²) in [5, 5.41) is 15.1. The highest BCUT2D eigenvalue weighted by atomic mass is 28.4. The lowest BCUT2D eigenvalue weighted by molar-refractivity contribution is -0.276. The molecule has 2 N–H and O–H groups in total. The highest BCUT2D eigenvalue weighted by Crippen LogP contribution is 2.37. The zero-order valence-electron chi connectivity index (χ0n) is 46.8. The molecule has 0 spiro atoms. The van der Waals surface area contributed by atoms with Crippen LogP contribution in [0.1, 0.15) is 205 Å². The lowest BCUT2D eigenvalue weighted by Crippen LogP contribution is -2.66. The molecule has 414 valence electrons. The van der Waals surface area contributed by atoms with Crippen molar-refractivity contribution in [3.63, 3.8) is 0 Å². The van der Waals surface area contributed by atoms with Gasteiger partial charge in [-0.3, -0.25) is 14.4 Å². The Balaban J connectivity index is 1.43. The van der Waals surface area contributed by atoms with E-state index in [1.807, 2.05) is 36.4 Å². The maximum Gasteiger partial charge on any atom is 0.306 e. The summed E-state index contributed by atoms with van der Waals surface area (Å²) < 4.78 is 32.0. The van der Waals surface area contributed by atoms with E-state index in [1.54, 1.807) is 0 Å². The van der Waals surface area contributed by atoms with E-state index < -0.39 is 56.9 Å². The molecule has 1 amide bonds. The van der Waals surface area contributed by atoms with Gasteiger partial charge in [-0.1, -0.05) is 221 Å².